The molecule has 0 saturated heterocycles. The van der Waals surface area contributed by atoms with Gasteiger partial charge in [-0.05, 0) is 31.0 Å². The number of imidazole rings is 1. The fraction of sp³-hybridized carbons (Fsp3) is 0.286. The van der Waals surface area contributed by atoms with E-state index in [-0.39, 0.29) is 0 Å². The average molecular weight is 377 g/mol. The zero-order chi connectivity index (χ0) is 19.3. The molecule has 27 heavy (non-hydrogen) atoms. The molecule has 0 spiro atoms. The SMILES string of the molecule is Cc1nc2c(-c3nccn3-c3c(C)cc([Si](C)(C)C)cc3C)ccnc2o1. The highest BCUT2D eigenvalue weighted by molar-refractivity contribution is 6.88. The monoisotopic (exact) mass is 376 g/mol. The summed E-state index contributed by atoms with van der Waals surface area (Å²) in [6.07, 6.45) is 5.59. The molecule has 1 aromatic carbocycles. The largest absolute Gasteiger partial charge is 0.423 e. The van der Waals surface area contributed by atoms with Crippen LogP contribution in [0.2, 0.25) is 19.6 Å². The highest BCUT2D eigenvalue weighted by Gasteiger charge is 2.21. The minimum absolute atomic E-state index is 0.544. The maximum absolute atomic E-state index is 5.60. The Morgan fingerprint density at radius 1 is 0.963 bits per heavy atom. The summed E-state index contributed by atoms with van der Waals surface area (Å²) in [5, 5.41) is 1.47. The van der Waals surface area contributed by atoms with Crippen molar-refractivity contribution in [1.29, 1.82) is 0 Å². The molecule has 0 N–H and O–H groups in total. The second-order valence-electron chi connectivity index (χ2n) is 8.07. The summed E-state index contributed by atoms with van der Waals surface area (Å²) in [6.45, 7) is 13.3. The lowest BCUT2D eigenvalue weighted by Crippen LogP contribution is -2.38. The van der Waals surface area contributed by atoms with E-state index in [9.17, 15) is 0 Å². The topological polar surface area (TPSA) is 56.7 Å². The molecule has 0 unspecified atom stereocenters. The van der Waals surface area contributed by atoms with Crippen LogP contribution in [0, 0.1) is 20.8 Å². The first kappa shape index (κ1) is 17.7. The molecule has 0 atom stereocenters. The van der Waals surface area contributed by atoms with Crippen molar-refractivity contribution in [2.75, 3.05) is 0 Å². The third kappa shape index (κ3) is 3.00. The van der Waals surface area contributed by atoms with Crippen molar-refractivity contribution >= 4 is 24.5 Å². The standard InChI is InChI=1S/C21H24N4OSi/c1-13-11-16(27(4,5)6)12-14(2)19(13)25-10-9-22-20(25)17-7-8-23-21-18(17)24-15(3)26-21/h7-12H,1-6H3. The van der Waals surface area contributed by atoms with Crippen molar-refractivity contribution in [3.05, 3.63) is 53.8 Å². The number of benzene rings is 1. The molecule has 0 fully saturated rings. The van der Waals surface area contributed by atoms with Gasteiger partial charge in [0.15, 0.2) is 5.89 Å². The van der Waals surface area contributed by atoms with E-state index in [1.54, 1.807) is 6.20 Å². The molecule has 4 rings (SSSR count). The molecule has 0 saturated carbocycles. The summed E-state index contributed by atoms with van der Waals surface area (Å²) in [4.78, 5) is 13.4. The van der Waals surface area contributed by atoms with Crippen molar-refractivity contribution in [3.63, 3.8) is 0 Å². The Bertz CT molecular complexity index is 1130. The summed E-state index contributed by atoms with van der Waals surface area (Å²) in [5.74, 6) is 1.46. The van der Waals surface area contributed by atoms with Gasteiger partial charge in [-0.3, -0.25) is 4.57 Å². The van der Waals surface area contributed by atoms with Crippen LogP contribution in [0.25, 0.3) is 28.3 Å². The van der Waals surface area contributed by atoms with Crippen LogP contribution in [0.5, 0.6) is 0 Å². The van der Waals surface area contributed by atoms with Gasteiger partial charge >= 0.3 is 0 Å². The van der Waals surface area contributed by atoms with Crippen molar-refractivity contribution in [1.82, 2.24) is 19.5 Å². The molecule has 3 heterocycles. The second kappa shape index (κ2) is 6.16. The molecule has 0 amide bonds. The summed E-state index contributed by atoms with van der Waals surface area (Å²) in [7, 11) is -1.37. The van der Waals surface area contributed by atoms with Gasteiger partial charge in [-0.25, -0.2) is 15.0 Å². The predicted molar refractivity (Wildman–Crippen MR) is 112 cm³/mol. The number of aromatic nitrogens is 4. The molecule has 138 valence electrons. The van der Waals surface area contributed by atoms with Gasteiger partial charge in [-0.15, -0.1) is 0 Å². The Labute approximate surface area is 160 Å². The highest BCUT2D eigenvalue weighted by atomic mass is 28.3. The Balaban J connectivity index is 1.93. The van der Waals surface area contributed by atoms with E-state index < -0.39 is 8.07 Å². The summed E-state index contributed by atoms with van der Waals surface area (Å²) >= 11 is 0. The van der Waals surface area contributed by atoms with Crippen LogP contribution in [-0.2, 0) is 0 Å². The maximum atomic E-state index is 5.60. The summed E-state index contributed by atoms with van der Waals surface area (Å²) in [5.41, 5.74) is 5.91. The minimum Gasteiger partial charge on any atom is -0.423 e. The molecule has 3 aromatic heterocycles. The van der Waals surface area contributed by atoms with Gasteiger partial charge in [0.1, 0.15) is 11.3 Å². The third-order valence-corrected chi connectivity index (χ3v) is 6.90. The molecule has 6 heteroatoms. The molecule has 0 bridgehead atoms. The van der Waals surface area contributed by atoms with Gasteiger partial charge in [0.25, 0.3) is 0 Å². The van der Waals surface area contributed by atoms with Crippen molar-refractivity contribution in [2.45, 2.75) is 40.4 Å². The van der Waals surface area contributed by atoms with Gasteiger partial charge in [0, 0.05) is 25.5 Å². The van der Waals surface area contributed by atoms with E-state index in [1.165, 1.54) is 22.0 Å². The molecule has 0 aliphatic carbocycles. The van der Waals surface area contributed by atoms with Crippen LogP contribution in [0.15, 0.2) is 41.2 Å². The lowest BCUT2D eigenvalue weighted by atomic mass is 10.1. The molecule has 5 nitrogen and oxygen atoms in total. The van der Waals surface area contributed by atoms with E-state index in [4.69, 9.17) is 4.42 Å². The van der Waals surface area contributed by atoms with Gasteiger partial charge in [0.05, 0.1) is 19.3 Å². The number of fused-ring (bicyclic) bond motifs is 1. The normalized spacial score (nSPS) is 12.1. The van der Waals surface area contributed by atoms with Crippen LogP contribution in [0.4, 0.5) is 0 Å². The molecular formula is C21H24N4OSi. The fourth-order valence-electron chi connectivity index (χ4n) is 3.57. The number of rotatable bonds is 3. The van der Waals surface area contributed by atoms with E-state index in [0.717, 1.165) is 16.9 Å². The molecule has 4 aromatic rings. The van der Waals surface area contributed by atoms with E-state index in [1.807, 2.05) is 25.4 Å². The van der Waals surface area contributed by atoms with Crippen LogP contribution in [0.3, 0.4) is 0 Å². The van der Waals surface area contributed by atoms with Gasteiger partial charge in [-0.1, -0.05) is 37.0 Å². The van der Waals surface area contributed by atoms with Gasteiger partial charge in [0.2, 0.25) is 5.71 Å². The fourth-order valence-corrected chi connectivity index (χ4v) is 4.87. The third-order valence-electron chi connectivity index (χ3n) is 4.88. The first-order valence-electron chi connectivity index (χ1n) is 9.13. The van der Waals surface area contributed by atoms with Crippen LogP contribution < -0.4 is 5.19 Å². The Morgan fingerprint density at radius 3 is 2.33 bits per heavy atom. The second-order valence-corrected chi connectivity index (χ2v) is 13.2. The van der Waals surface area contributed by atoms with E-state index in [0.29, 0.717) is 11.6 Å². The Morgan fingerprint density at radius 2 is 1.67 bits per heavy atom. The highest BCUT2D eigenvalue weighted by Crippen LogP contribution is 2.30. The smallest absolute Gasteiger partial charge is 0.247 e. The number of hydrogen-bond donors (Lipinski definition) is 0. The number of oxazole rings is 1. The van der Waals surface area contributed by atoms with Gasteiger partial charge in [-0.2, -0.15) is 0 Å². The van der Waals surface area contributed by atoms with Crippen LogP contribution in [0.1, 0.15) is 17.0 Å². The number of pyridine rings is 1. The van der Waals surface area contributed by atoms with Crippen LogP contribution in [-0.4, -0.2) is 27.6 Å². The van der Waals surface area contributed by atoms with Crippen molar-refractivity contribution in [3.8, 4) is 17.1 Å². The van der Waals surface area contributed by atoms with Crippen molar-refractivity contribution in [2.24, 2.45) is 0 Å². The van der Waals surface area contributed by atoms with E-state index in [2.05, 4.69) is 65.1 Å². The lowest BCUT2D eigenvalue weighted by molar-refractivity contribution is 0.551. The maximum Gasteiger partial charge on any atom is 0.247 e. The number of hydrogen-bond acceptors (Lipinski definition) is 4. The first-order valence-corrected chi connectivity index (χ1v) is 12.6. The predicted octanol–water partition coefficient (Wildman–Crippen LogP) is 4.55. The van der Waals surface area contributed by atoms with E-state index >= 15 is 0 Å². The lowest BCUT2D eigenvalue weighted by Gasteiger charge is -2.21. The number of nitrogens with zero attached hydrogens (tertiary/aromatic N) is 4. The zero-order valence-corrected chi connectivity index (χ0v) is 17.7. The minimum atomic E-state index is -1.37. The molecule has 0 aliphatic heterocycles. The quantitative estimate of drug-likeness (QED) is 0.492. The summed E-state index contributed by atoms with van der Waals surface area (Å²) in [6, 6.07) is 6.62. The molecule has 0 aliphatic rings. The number of aryl methyl sites for hydroxylation is 3. The average Bonchev–Trinajstić information content (AvgIpc) is 3.18. The first-order chi connectivity index (χ1) is 12.8. The Kier molecular flexibility index (Phi) is 4.03. The van der Waals surface area contributed by atoms with Crippen LogP contribution >= 0.6 is 0 Å². The van der Waals surface area contributed by atoms with Crippen molar-refractivity contribution < 1.29 is 4.42 Å². The molecule has 0 radical (unpaired) electrons. The molecular weight excluding hydrogens is 352 g/mol. The van der Waals surface area contributed by atoms with Gasteiger partial charge < -0.3 is 4.42 Å². The summed E-state index contributed by atoms with van der Waals surface area (Å²) < 4.78 is 7.75. The Hall–Kier alpha value is -2.73. The zero-order valence-electron chi connectivity index (χ0n) is 16.7.